The van der Waals surface area contributed by atoms with Crippen LogP contribution < -0.4 is 29.6 Å². The third kappa shape index (κ3) is 23.4. The van der Waals surface area contributed by atoms with Crippen LogP contribution in [0.15, 0.2) is 0 Å². The molecular weight excluding hydrogens is 303 g/mol. The van der Waals surface area contributed by atoms with Gasteiger partial charge in [0.15, 0.2) is 11.1 Å². The summed E-state index contributed by atoms with van der Waals surface area (Å²) in [7, 11) is 0. The van der Waals surface area contributed by atoms with E-state index in [9.17, 15) is 4.21 Å². The summed E-state index contributed by atoms with van der Waals surface area (Å²) >= 11 is -1.58. The van der Waals surface area contributed by atoms with E-state index in [0.717, 1.165) is 12.8 Å². The Kier molecular flexibility index (Phi) is 25.5. The molecule has 0 spiro atoms. The first-order valence-corrected chi connectivity index (χ1v) is 10.6. The standard InChI is InChI=1S/C18H38O2S.Na.H/c1-2-3-4-5-6-7-8-9-10-11-12-13-14-15-16-17-18-21(19)20;;/h2-18H2,1H3,(H,19,20);;/q;+1;-1. The van der Waals surface area contributed by atoms with Crippen molar-refractivity contribution in [3.8, 4) is 0 Å². The normalized spacial score (nSPS) is 12.1. The minimum absolute atomic E-state index is 0. The van der Waals surface area contributed by atoms with Gasteiger partial charge in [-0.3, -0.25) is 0 Å². The number of unbranched alkanes of at least 4 members (excludes halogenated alkanes) is 15. The Morgan fingerprint density at radius 2 is 0.909 bits per heavy atom. The van der Waals surface area contributed by atoms with Gasteiger partial charge < -0.3 is 5.98 Å². The maximum Gasteiger partial charge on any atom is 1.00 e. The molecule has 0 aliphatic heterocycles. The van der Waals surface area contributed by atoms with Gasteiger partial charge in [0.2, 0.25) is 0 Å². The molecule has 0 saturated heterocycles. The van der Waals surface area contributed by atoms with Crippen molar-refractivity contribution < 1.29 is 39.7 Å². The minimum Gasteiger partial charge on any atom is -1.00 e. The van der Waals surface area contributed by atoms with E-state index >= 15 is 0 Å². The van der Waals surface area contributed by atoms with Crippen LogP contribution in [-0.2, 0) is 11.1 Å². The Balaban J connectivity index is -0.00000200. The zero-order valence-corrected chi connectivity index (χ0v) is 18.1. The molecule has 0 rings (SSSR count). The van der Waals surface area contributed by atoms with Gasteiger partial charge in [-0.1, -0.05) is 103 Å². The quantitative estimate of drug-likeness (QED) is 0.249. The van der Waals surface area contributed by atoms with Gasteiger partial charge in [0.05, 0.1) is 0 Å². The molecule has 0 saturated carbocycles. The maximum absolute atomic E-state index is 10.5. The molecule has 1 N–H and O–H groups in total. The summed E-state index contributed by atoms with van der Waals surface area (Å²) in [4.78, 5) is 0. The first-order valence-electron chi connectivity index (χ1n) is 9.35. The van der Waals surface area contributed by atoms with E-state index in [4.69, 9.17) is 4.55 Å². The largest absolute Gasteiger partial charge is 1.00 e. The van der Waals surface area contributed by atoms with E-state index in [-0.39, 0.29) is 31.0 Å². The molecule has 0 radical (unpaired) electrons. The molecular formula is C18H39NaO2S. The molecule has 130 valence electrons. The smallest absolute Gasteiger partial charge is 1.00 e. The van der Waals surface area contributed by atoms with Gasteiger partial charge in [-0.25, -0.2) is 4.21 Å². The van der Waals surface area contributed by atoms with E-state index in [1.807, 2.05) is 0 Å². The van der Waals surface area contributed by atoms with Crippen LogP contribution in [0.3, 0.4) is 0 Å². The molecule has 22 heavy (non-hydrogen) atoms. The van der Waals surface area contributed by atoms with Gasteiger partial charge in [-0.15, -0.1) is 0 Å². The Bertz CT molecular complexity index is 231. The Morgan fingerprint density at radius 1 is 0.636 bits per heavy atom. The molecule has 0 aromatic heterocycles. The molecule has 4 heteroatoms. The van der Waals surface area contributed by atoms with Crippen LogP contribution in [0.4, 0.5) is 0 Å². The van der Waals surface area contributed by atoms with Gasteiger partial charge in [-0.2, -0.15) is 0 Å². The zero-order chi connectivity index (χ0) is 15.6. The summed E-state index contributed by atoms with van der Waals surface area (Å²) in [6, 6.07) is 0. The second kappa shape index (κ2) is 22.1. The molecule has 0 aliphatic carbocycles. The van der Waals surface area contributed by atoms with Gasteiger partial charge in [0.1, 0.15) is 0 Å². The summed E-state index contributed by atoms with van der Waals surface area (Å²) in [5, 5.41) is 0. The fourth-order valence-corrected chi connectivity index (χ4v) is 3.22. The monoisotopic (exact) mass is 342 g/mol. The number of hydrogen-bond donors (Lipinski definition) is 1. The Morgan fingerprint density at radius 3 is 1.18 bits per heavy atom. The van der Waals surface area contributed by atoms with Crippen molar-refractivity contribution in [2.24, 2.45) is 0 Å². The fraction of sp³-hybridized carbons (Fsp3) is 1.00. The average Bonchev–Trinajstić information content (AvgIpc) is 2.46. The molecule has 0 heterocycles. The summed E-state index contributed by atoms with van der Waals surface area (Å²) < 4.78 is 19.1. The van der Waals surface area contributed by atoms with Crippen molar-refractivity contribution in [2.45, 2.75) is 110 Å². The van der Waals surface area contributed by atoms with Crippen LogP contribution >= 0.6 is 0 Å². The first kappa shape index (κ1) is 25.4. The van der Waals surface area contributed by atoms with E-state index in [0.29, 0.717) is 5.75 Å². The predicted octanol–water partition coefficient (Wildman–Crippen LogP) is 3.59. The summed E-state index contributed by atoms with van der Waals surface area (Å²) in [6.45, 7) is 2.28. The van der Waals surface area contributed by atoms with Crippen molar-refractivity contribution in [1.29, 1.82) is 0 Å². The van der Waals surface area contributed by atoms with Crippen molar-refractivity contribution in [3.63, 3.8) is 0 Å². The SMILES string of the molecule is CCCCCCCCCCCCCCCCCCS(=O)O.[H-].[Na+]. The van der Waals surface area contributed by atoms with Crippen LogP contribution in [0.25, 0.3) is 0 Å². The van der Waals surface area contributed by atoms with Crippen molar-refractivity contribution in [3.05, 3.63) is 0 Å². The molecule has 2 nitrogen and oxygen atoms in total. The fourth-order valence-electron chi connectivity index (χ4n) is 2.77. The van der Waals surface area contributed by atoms with Gasteiger partial charge in [0, 0.05) is 5.75 Å². The second-order valence-corrected chi connectivity index (χ2v) is 7.38. The zero-order valence-electron chi connectivity index (χ0n) is 16.3. The maximum atomic E-state index is 10.5. The number of rotatable bonds is 17. The molecule has 0 bridgehead atoms. The molecule has 0 aromatic rings. The predicted molar refractivity (Wildman–Crippen MR) is 96.3 cm³/mol. The third-order valence-corrected chi connectivity index (χ3v) is 4.81. The van der Waals surface area contributed by atoms with Crippen LogP contribution in [0, 0.1) is 0 Å². The molecule has 0 fully saturated rings. The van der Waals surface area contributed by atoms with Crippen LogP contribution in [0.2, 0.25) is 0 Å². The van der Waals surface area contributed by atoms with Crippen molar-refractivity contribution in [1.82, 2.24) is 0 Å². The van der Waals surface area contributed by atoms with Crippen LogP contribution in [-0.4, -0.2) is 14.5 Å². The molecule has 0 aromatic carbocycles. The van der Waals surface area contributed by atoms with E-state index in [2.05, 4.69) is 6.92 Å². The van der Waals surface area contributed by atoms with Crippen molar-refractivity contribution in [2.75, 3.05) is 5.75 Å². The first-order chi connectivity index (χ1) is 10.3. The van der Waals surface area contributed by atoms with Crippen molar-refractivity contribution >= 4 is 11.1 Å². The molecule has 0 aliphatic rings. The second-order valence-electron chi connectivity index (χ2n) is 6.33. The topological polar surface area (TPSA) is 37.3 Å². The summed E-state index contributed by atoms with van der Waals surface area (Å²) in [6.07, 6.45) is 21.5. The van der Waals surface area contributed by atoms with E-state index < -0.39 is 11.1 Å². The van der Waals surface area contributed by atoms with E-state index in [1.165, 1.54) is 89.9 Å². The summed E-state index contributed by atoms with van der Waals surface area (Å²) in [5.41, 5.74) is 0. The summed E-state index contributed by atoms with van der Waals surface area (Å²) in [5.74, 6) is 0.457. The van der Waals surface area contributed by atoms with Crippen LogP contribution in [0.1, 0.15) is 111 Å². The van der Waals surface area contributed by atoms with Gasteiger partial charge in [0.25, 0.3) is 0 Å². The Hall–Kier alpha value is 1.11. The molecule has 1 unspecified atom stereocenters. The molecule has 0 amide bonds. The third-order valence-electron chi connectivity index (χ3n) is 4.17. The van der Waals surface area contributed by atoms with Gasteiger partial charge >= 0.3 is 29.6 Å². The van der Waals surface area contributed by atoms with Gasteiger partial charge in [-0.05, 0) is 6.42 Å². The molecule has 1 atom stereocenters. The average molecular weight is 343 g/mol. The Labute approximate surface area is 165 Å². The number of hydrogen-bond acceptors (Lipinski definition) is 1. The van der Waals surface area contributed by atoms with E-state index in [1.54, 1.807) is 0 Å². The van der Waals surface area contributed by atoms with Crippen LogP contribution in [0.5, 0.6) is 0 Å². The minimum atomic E-state index is -1.58.